The third-order valence-corrected chi connectivity index (χ3v) is 6.39. The van der Waals surface area contributed by atoms with Crippen LogP contribution in [0.5, 0.6) is 0 Å². The summed E-state index contributed by atoms with van der Waals surface area (Å²) in [5.41, 5.74) is 0.934. The number of hydrogen-bond donors (Lipinski definition) is 2. The molecule has 1 aliphatic carbocycles. The Morgan fingerprint density at radius 3 is 2.74 bits per heavy atom. The van der Waals surface area contributed by atoms with E-state index in [2.05, 4.69) is 20.7 Å². The van der Waals surface area contributed by atoms with Crippen LogP contribution in [-0.2, 0) is 14.8 Å². The molecule has 0 spiro atoms. The van der Waals surface area contributed by atoms with Crippen LogP contribution in [0.2, 0.25) is 5.02 Å². The Labute approximate surface area is 148 Å². The van der Waals surface area contributed by atoms with Gasteiger partial charge in [-0.1, -0.05) is 40.0 Å². The molecule has 1 aliphatic rings. The zero-order valence-electron chi connectivity index (χ0n) is 12.5. The fraction of sp³-hybridized carbons (Fsp3) is 0.400. The molecule has 2 rings (SSSR count). The van der Waals surface area contributed by atoms with Crippen molar-refractivity contribution in [2.75, 3.05) is 4.72 Å². The molecule has 0 saturated heterocycles. The second-order valence-corrected chi connectivity index (χ2v) is 8.51. The van der Waals surface area contributed by atoms with Gasteiger partial charge in [0.25, 0.3) is 0 Å². The van der Waals surface area contributed by atoms with Crippen molar-refractivity contribution in [3.05, 3.63) is 38.8 Å². The van der Waals surface area contributed by atoms with Gasteiger partial charge in [-0.25, -0.2) is 13.2 Å². The summed E-state index contributed by atoms with van der Waals surface area (Å²) in [5, 5.41) is 8.63. The number of rotatable bonds is 5. The lowest BCUT2D eigenvalue weighted by Crippen LogP contribution is -2.35. The van der Waals surface area contributed by atoms with Gasteiger partial charge in [0.2, 0.25) is 10.0 Å². The van der Waals surface area contributed by atoms with Crippen molar-refractivity contribution in [3.63, 3.8) is 0 Å². The molecule has 0 radical (unpaired) electrons. The molecule has 0 fully saturated rings. The smallest absolute Gasteiger partial charge is 0.332 e. The normalized spacial score (nSPS) is 18.8. The first-order valence-electron chi connectivity index (χ1n) is 7.18. The van der Waals surface area contributed by atoms with E-state index < -0.39 is 21.2 Å². The molecule has 1 aromatic rings. The van der Waals surface area contributed by atoms with E-state index in [1.54, 1.807) is 12.1 Å². The van der Waals surface area contributed by atoms with Gasteiger partial charge in [-0.3, -0.25) is 4.72 Å². The van der Waals surface area contributed by atoms with E-state index in [-0.39, 0.29) is 22.7 Å². The molecular formula is C15H17BrClNO4S. The molecule has 0 aliphatic heterocycles. The van der Waals surface area contributed by atoms with Crippen molar-refractivity contribution in [2.45, 2.75) is 37.9 Å². The molecule has 0 amide bonds. The molecule has 1 unspecified atom stereocenters. The average Bonchev–Trinajstić information content (AvgIpc) is 2.49. The summed E-state index contributed by atoms with van der Waals surface area (Å²) < 4.78 is 28.5. The van der Waals surface area contributed by atoms with Gasteiger partial charge < -0.3 is 5.11 Å². The van der Waals surface area contributed by atoms with Gasteiger partial charge in [0.05, 0.1) is 16.3 Å². The number of halogens is 2. The van der Waals surface area contributed by atoms with Gasteiger partial charge in [0.1, 0.15) is 5.25 Å². The van der Waals surface area contributed by atoms with Crippen molar-refractivity contribution in [3.8, 4) is 0 Å². The molecule has 1 atom stereocenters. The number of allylic oxidation sites excluding steroid dienone is 1. The predicted octanol–water partition coefficient (Wildman–Crippen LogP) is 4.19. The Balaban J connectivity index is 2.40. The first kappa shape index (κ1) is 18.3. The summed E-state index contributed by atoms with van der Waals surface area (Å²) in [5.74, 6) is -1.17. The molecule has 0 saturated carbocycles. The number of carboxylic acid groups (broad SMARTS) is 1. The van der Waals surface area contributed by atoms with Crippen molar-refractivity contribution in [1.29, 1.82) is 0 Å². The molecule has 126 valence electrons. The van der Waals surface area contributed by atoms with E-state index in [0.29, 0.717) is 24.8 Å². The van der Waals surface area contributed by atoms with E-state index in [0.717, 1.165) is 4.47 Å². The van der Waals surface area contributed by atoms with Crippen LogP contribution in [0.4, 0.5) is 5.69 Å². The quantitative estimate of drug-likeness (QED) is 0.745. The molecule has 5 nitrogen and oxygen atoms in total. The Morgan fingerprint density at radius 2 is 2.17 bits per heavy atom. The lowest BCUT2D eigenvalue weighted by Gasteiger charge is -2.26. The highest BCUT2D eigenvalue weighted by Crippen LogP contribution is 2.34. The number of hydrogen-bond acceptors (Lipinski definition) is 3. The van der Waals surface area contributed by atoms with E-state index in [1.807, 2.05) is 6.92 Å². The third-order valence-electron chi connectivity index (χ3n) is 3.86. The van der Waals surface area contributed by atoms with Crippen molar-refractivity contribution in [2.24, 2.45) is 0 Å². The standard InChI is InChI=1S/C15H17BrClNO4S/c1-2-9-4-3-5-13(14(9)15(19)20)23(21,22)18-12-7-6-10(16)8-11(12)17/h6-8,13,18H,2-5H2,1H3,(H,19,20). The van der Waals surface area contributed by atoms with E-state index in [4.69, 9.17) is 11.6 Å². The number of carboxylic acids is 1. The maximum atomic E-state index is 12.7. The molecule has 1 aromatic carbocycles. The maximum Gasteiger partial charge on any atom is 0.332 e. The van der Waals surface area contributed by atoms with Crippen LogP contribution in [0.25, 0.3) is 0 Å². The minimum absolute atomic E-state index is 0.000478. The van der Waals surface area contributed by atoms with Crippen LogP contribution >= 0.6 is 27.5 Å². The Kier molecular flexibility index (Phi) is 5.75. The molecule has 0 heterocycles. The molecule has 2 N–H and O–H groups in total. The summed E-state index contributed by atoms with van der Waals surface area (Å²) in [4.78, 5) is 11.6. The second-order valence-electron chi connectivity index (χ2n) is 5.33. The van der Waals surface area contributed by atoms with Gasteiger partial charge in [-0.2, -0.15) is 0 Å². The summed E-state index contributed by atoms with van der Waals surface area (Å²) in [6, 6.07) is 4.78. The largest absolute Gasteiger partial charge is 0.478 e. The zero-order valence-corrected chi connectivity index (χ0v) is 15.6. The SMILES string of the molecule is CCC1=C(C(=O)O)C(S(=O)(=O)Nc2ccc(Br)cc2Cl)CCC1. The highest BCUT2D eigenvalue weighted by Gasteiger charge is 2.37. The van der Waals surface area contributed by atoms with E-state index in [9.17, 15) is 18.3 Å². The fourth-order valence-electron chi connectivity index (χ4n) is 2.77. The van der Waals surface area contributed by atoms with Crippen LogP contribution in [0.3, 0.4) is 0 Å². The second kappa shape index (κ2) is 7.23. The topological polar surface area (TPSA) is 83.5 Å². The number of aliphatic carboxylic acids is 1. The average molecular weight is 423 g/mol. The molecular weight excluding hydrogens is 406 g/mol. The third kappa shape index (κ3) is 4.08. The number of benzene rings is 1. The van der Waals surface area contributed by atoms with Crippen LogP contribution < -0.4 is 4.72 Å². The monoisotopic (exact) mass is 421 g/mol. The first-order chi connectivity index (χ1) is 10.8. The summed E-state index contributed by atoms with van der Waals surface area (Å²) in [6.45, 7) is 1.84. The molecule has 0 aromatic heterocycles. The van der Waals surface area contributed by atoms with Gasteiger partial charge in [0.15, 0.2) is 0 Å². The summed E-state index contributed by atoms with van der Waals surface area (Å²) >= 11 is 9.30. The Morgan fingerprint density at radius 1 is 1.48 bits per heavy atom. The van der Waals surface area contributed by atoms with Gasteiger partial charge in [-0.05, 0) is 43.9 Å². The molecule has 8 heteroatoms. The maximum absolute atomic E-state index is 12.7. The number of anilines is 1. The zero-order chi connectivity index (χ0) is 17.2. The van der Waals surface area contributed by atoms with Crippen LogP contribution in [-0.4, -0.2) is 24.7 Å². The number of sulfonamides is 1. The predicted molar refractivity (Wildman–Crippen MR) is 94.3 cm³/mol. The summed E-state index contributed by atoms with van der Waals surface area (Å²) in [6.07, 6.45) is 2.10. The number of carbonyl (C=O) groups is 1. The van der Waals surface area contributed by atoms with Crippen LogP contribution in [0.15, 0.2) is 33.8 Å². The minimum atomic E-state index is -3.90. The minimum Gasteiger partial charge on any atom is -0.478 e. The Bertz CT molecular complexity index is 761. The Hall–Kier alpha value is -1.05. The van der Waals surface area contributed by atoms with Crippen molar-refractivity contribution in [1.82, 2.24) is 0 Å². The highest BCUT2D eigenvalue weighted by molar-refractivity contribution is 9.10. The highest BCUT2D eigenvalue weighted by atomic mass is 79.9. The van der Waals surface area contributed by atoms with Crippen LogP contribution in [0.1, 0.15) is 32.6 Å². The van der Waals surface area contributed by atoms with Crippen molar-refractivity contribution >= 4 is 49.2 Å². The molecule has 23 heavy (non-hydrogen) atoms. The van der Waals surface area contributed by atoms with Crippen LogP contribution in [0, 0.1) is 0 Å². The van der Waals surface area contributed by atoms with E-state index in [1.165, 1.54) is 6.07 Å². The lowest BCUT2D eigenvalue weighted by atomic mass is 9.90. The lowest BCUT2D eigenvalue weighted by molar-refractivity contribution is -0.132. The first-order valence-corrected chi connectivity index (χ1v) is 9.90. The van der Waals surface area contributed by atoms with Crippen molar-refractivity contribution < 1.29 is 18.3 Å². The van der Waals surface area contributed by atoms with Gasteiger partial charge in [-0.15, -0.1) is 0 Å². The number of nitrogens with one attached hydrogen (secondary N) is 1. The fourth-order valence-corrected chi connectivity index (χ4v) is 5.23. The summed E-state index contributed by atoms with van der Waals surface area (Å²) in [7, 11) is -3.90. The van der Waals surface area contributed by atoms with E-state index >= 15 is 0 Å². The van der Waals surface area contributed by atoms with Gasteiger partial charge >= 0.3 is 5.97 Å². The molecule has 0 bridgehead atoms. The van der Waals surface area contributed by atoms with Gasteiger partial charge in [0, 0.05) is 4.47 Å².